The normalized spacial score (nSPS) is 16.2. The molecule has 0 unspecified atom stereocenters. The molecule has 1 atom stereocenters. The van der Waals surface area contributed by atoms with Crippen molar-refractivity contribution in [3.05, 3.63) is 78.6 Å². The van der Waals surface area contributed by atoms with E-state index in [1.807, 2.05) is 73.7 Å². The van der Waals surface area contributed by atoms with Crippen LogP contribution in [0, 0.1) is 0 Å². The molecular weight excluding hydrogens is 348 g/mol. The fourth-order valence-corrected chi connectivity index (χ4v) is 3.99. The lowest BCUT2D eigenvalue weighted by atomic mass is 10.1. The molecule has 0 saturated carbocycles. The predicted molar refractivity (Wildman–Crippen MR) is 114 cm³/mol. The molecule has 0 bridgehead atoms. The van der Waals surface area contributed by atoms with Crippen LogP contribution < -0.4 is 10.2 Å². The van der Waals surface area contributed by atoms with E-state index < -0.39 is 0 Å². The van der Waals surface area contributed by atoms with Crippen molar-refractivity contribution in [3.63, 3.8) is 0 Å². The Labute approximate surface area is 166 Å². The van der Waals surface area contributed by atoms with Crippen molar-refractivity contribution in [3.8, 4) is 0 Å². The number of aryl methyl sites for hydroxylation is 1. The number of urea groups is 1. The molecule has 1 saturated heterocycles. The van der Waals surface area contributed by atoms with E-state index in [2.05, 4.69) is 33.0 Å². The minimum atomic E-state index is -0.0439. The zero-order chi connectivity index (χ0) is 19.5. The van der Waals surface area contributed by atoms with E-state index in [1.54, 1.807) is 0 Å². The summed E-state index contributed by atoms with van der Waals surface area (Å²) in [6, 6.07) is 22.3. The van der Waals surface area contributed by atoms with E-state index in [9.17, 15) is 4.79 Å². The molecule has 5 heteroatoms. The summed E-state index contributed by atoms with van der Waals surface area (Å²) in [6.45, 7) is 0.776. The second kappa shape index (κ2) is 7.80. The number of para-hydroxylation sites is 3. The lowest BCUT2D eigenvalue weighted by Crippen LogP contribution is -2.35. The fourth-order valence-electron chi connectivity index (χ4n) is 3.99. The molecule has 1 aliphatic rings. The fraction of sp³-hybridized carbons (Fsp3) is 0.261. The standard InChI is InChI=1S/C23H26N4O/c1-25-16-8-14-21(25)22-15-9-17-27(22)23(28)24-19-12-6-7-13-20(19)26(2)18-10-4-3-5-11-18/h3-8,10-14,16,22H,9,15,17H2,1-2H3,(H,24,28)/t22-/m1/s1. The minimum Gasteiger partial charge on any atom is -0.353 e. The van der Waals surface area contributed by atoms with Crippen LogP contribution in [0.3, 0.4) is 0 Å². The molecule has 5 nitrogen and oxygen atoms in total. The maximum Gasteiger partial charge on any atom is 0.322 e. The van der Waals surface area contributed by atoms with Crippen molar-refractivity contribution in [1.29, 1.82) is 0 Å². The Bertz CT molecular complexity index is 950. The maximum absolute atomic E-state index is 13.1. The lowest BCUT2D eigenvalue weighted by Gasteiger charge is -2.27. The van der Waals surface area contributed by atoms with Crippen LogP contribution in [0.1, 0.15) is 24.6 Å². The van der Waals surface area contributed by atoms with Crippen LogP contribution in [-0.4, -0.2) is 29.1 Å². The molecule has 1 fully saturated rings. The minimum absolute atomic E-state index is 0.0439. The smallest absolute Gasteiger partial charge is 0.322 e. The number of amides is 2. The van der Waals surface area contributed by atoms with Crippen molar-refractivity contribution < 1.29 is 4.79 Å². The van der Waals surface area contributed by atoms with Crippen molar-refractivity contribution in [2.45, 2.75) is 18.9 Å². The van der Waals surface area contributed by atoms with Gasteiger partial charge in [0.2, 0.25) is 0 Å². The summed E-state index contributed by atoms with van der Waals surface area (Å²) in [4.78, 5) is 17.2. The first-order chi connectivity index (χ1) is 13.6. The number of carbonyl (C=O) groups excluding carboxylic acids is 1. The first kappa shape index (κ1) is 18.2. The molecule has 0 spiro atoms. The summed E-state index contributed by atoms with van der Waals surface area (Å²) >= 11 is 0. The summed E-state index contributed by atoms with van der Waals surface area (Å²) in [5.41, 5.74) is 4.04. The number of rotatable bonds is 4. The van der Waals surface area contributed by atoms with Gasteiger partial charge in [0.15, 0.2) is 0 Å². The molecule has 2 heterocycles. The van der Waals surface area contributed by atoms with Crippen molar-refractivity contribution in [2.24, 2.45) is 7.05 Å². The van der Waals surface area contributed by atoms with Gasteiger partial charge in [-0.25, -0.2) is 4.79 Å². The Morgan fingerprint density at radius 1 is 1.04 bits per heavy atom. The van der Waals surface area contributed by atoms with Gasteiger partial charge in [0, 0.05) is 38.2 Å². The summed E-state index contributed by atoms with van der Waals surface area (Å²) in [6.07, 6.45) is 4.06. The third-order valence-electron chi connectivity index (χ3n) is 5.49. The van der Waals surface area contributed by atoms with Gasteiger partial charge in [0.05, 0.1) is 17.4 Å². The zero-order valence-electron chi connectivity index (χ0n) is 16.4. The average Bonchev–Trinajstić information content (AvgIpc) is 3.37. The quantitative estimate of drug-likeness (QED) is 0.685. The van der Waals surface area contributed by atoms with Gasteiger partial charge >= 0.3 is 6.03 Å². The SMILES string of the molecule is CN(c1ccccc1)c1ccccc1NC(=O)N1CCC[C@@H]1c1cccn1C. The van der Waals surface area contributed by atoms with E-state index in [0.717, 1.165) is 36.4 Å². The average molecular weight is 374 g/mol. The highest BCUT2D eigenvalue weighted by atomic mass is 16.2. The summed E-state index contributed by atoms with van der Waals surface area (Å²) in [5, 5.41) is 3.15. The van der Waals surface area contributed by atoms with Crippen LogP contribution in [0.15, 0.2) is 72.9 Å². The lowest BCUT2D eigenvalue weighted by molar-refractivity contribution is 0.205. The first-order valence-corrected chi connectivity index (χ1v) is 9.72. The summed E-state index contributed by atoms with van der Waals surface area (Å²) in [7, 11) is 4.05. The van der Waals surface area contributed by atoms with Crippen LogP contribution in [0.2, 0.25) is 0 Å². The molecule has 1 N–H and O–H groups in total. The van der Waals surface area contributed by atoms with Gasteiger partial charge in [0.25, 0.3) is 0 Å². The van der Waals surface area contributed by atoms with E-state index in [-0.39, 0.29) is 12.1 Å². The van der Waals surface area contributed by atoms with Gasteiger partial charge in [-0.1, -0.05) is 30.3 Å². The third kappa shape index (κ3) is 3.48. The Balaban J connectivity index is 1.56. The van der Waals surface area contributed by atoms with Crippen molar-refractivity contribution in [2.75, 3.05) is 23.8 Å². The first-order valence-electron chi connectivity index (χ1n) is 9.72. The van der Waals surface area contributed by atoms with Gasteiger partial charge < -0.3 is 19.7 Å². The second-order valence-electron chi connectivity index (χ2n) is 7.24. The van der Waals surface area contributed by atoms with Gasteiger partial charge in [-0.05, 0) is 49.2 Å². The molecule has 1 aliphatic heterocycles. The molecule has 4 rings (SSSR count). The van der Waals surface area contributed by atoms with Gasteiger partial charge in [-0.15, -0.1) is 0 Å². The molecule has 2 aromatic carbocycles. The highest BCUT2D eigenvalue weighted by Crippen LogP contribution is 2.34. The number of aromatic nitrogens is 1. The Morgan fingerprint density at radius 2 is 1.79 bits per heavy atom. The van der Waals surface area contributed by atoms with Crippen LogP contribution in [0.25, 0.3) is 0 Å². The van der Waals surface area contributed by atoms with Crippen LogP contribution in [0.5, 0.6) is 0 Å². The third-order valence-corrected chi connectivity index (χ3v) is 5.49. The van der Waals surface area contributed by atoms with Gasteiger partial charge in [0.1, 0.15) is 0 Å². The summed E-state index contributed by atoms with van der Waals surface area (Å²) in [5.74, 6) is 0. The number of likely N-dealkylation sites (tertiary alicyclic amines) is 1. The predicted octanol–water partition coefficient (Wildman–Crippen LogP) is 5.16. The molecule has 3 aromatic rings. The summed E-state index contributed by atoms with van der Waals surface area (Å²) < 4.78 is 2.10. The molecule has 1 aromatic heterocycles. The van der Waals surface area contributed by atoms with E-state index >= 15 is 0 Å². The molecule has 2 amide bonds. The number of nitrogens with zero attached hydrogens (tertiary/aromatic N) is 3. The number of nitrogens with one attached hydrogen (secondary N) is 1. The van der Waals surface area contributed by atoms with E-state index in [1.165, 1.54) is 5.69 Å². The van der Waals surface area contributed by atoms with Gasteiger partial charge in [-0.2, -0.15) is 0 Å². The number of hydrogen-bond acceptors (Lipinski definition) is 2. The molecular formula is C23H26N4O. The highest BCUT2D eigenvalue weighted by molar-refractivity contribution is 5.94. The molecule has 0 aliphatic carbocycles. The number of carbonyl (C=O) groups is 1. The molecule has 0 radical (unpaired) electrons. The Kier molecular flexibility index (Phi) is 5.06. The second-order valence-corrected chi connectivity index (χ2v) is 7.24. The van der Waals surface area contributed by atoms with Crippen molar-refractivity contribution >= 4 is 23.1 Å². The van der Waals surface area contributed by atoms with Crippen LogP contribution in [0.4, 0.5) is 21.9 Å². The Morgan fingerprint density at radius 3 is 2.54 bits per heavy atom. The molecule has 144 valence electrons. The van der Waals surface area contributed by atoms with E-state index in [4.69, 9.17) is 0 Å². The topological polar surface area (TPSA) is 40.5 Å². The number of anilines is 3. The zero-order valence-corrected chi connectivity index (χ0v) is 16.4. The van der Waals surface area contributed by atoms with Crippen LogP contribution >= 0.6 is 0 Å². The number of hydrogen-bond donors (Lipinski definition) is 1. The van der Waals surface area contributed by atoms with Crippen molar-refractivity contribution in [1.82, 2.24) is 9.47 Å². The maximum atomic E-state index is 13.1. The number of benzene rings is 2. The Hall–Kier alpha value is -3.21. The van der Waals surface area contributed by atoms with Crippen LogP contribution in [-0.2, 0) is 7.05 Å². The monoisotopic (exact) mass is 374 g/mol. The largest absolute Gasteiger partial charge is 0.353 e. The molecule has 28 heavy (non-hydrogen) atoms. The highest BCUT2D eigenvalue weighted by Gasteiger charge is 2.31. The van der Waals surface area contributed by atoms with E-state index in [0.29, 0.717) is 0 Å². The van der Waals surface area contributed by atoms with Gasteiger partial charge in [-0.3, -0.25) is 0 Å².